The van der Waals surface area contributed by atoms with Crippen molar-refractivity contribution in [3.63, 3.8) is 0 Å². The van der Waals surface area contributed by atoms with Crippen LogP contribution in [-0.2, 0) is 13.1 Å². The fourth-order valence-corrected chi connectivity index (χ4v) is 3.36. The summed E-state index contributed by atoms with van der Waals surface area (Å²) in [5.41, 5.74) is 0.312. The molecule has 34 heavy (non-hydrogen) atoms. The summed E-state index contributed by atoms with van der Waals surface area (Å²) in [7, 11) is 1.59. The van der Waals surface area contributed by atoms with Gasteiger partial charge in [0.05, 0.1) is 20.2 Å². The smallest absolute Gasteiger partial charge is 0.355 e. The maximum absolute atomic E-state index is 13.2. The fourth-order valence-electron chi connectivity index (χ4n) is 3.36. The van der Waals surface area contributed by atoms with Gasteiger partial charge < -0.3 is 14.8 Å². The molecular weight excluding hydrogens is 432 g/mol. The second-order valence-electron chi connectivity index (χ2n) is 7.40. The molecule has 0 saturated carbocycles. The molecule has 8 nitrogen and oxygen atoms in total. The van der Waals surface area contributed by atoms with Gasteiger partial charge in [0.25, 0.3) is 0 Å². The van der Waals surface area contributed by atoms with Crippen LogP contribution in [-0.4, -0.2) is 21.2 Å². The predicted octanol–water partition coefficient (Wildman–Crippen LogP) is 4.18. The van der Waals surface area contributed by atoms with E-state index in [2.05, 4.69) is 16.9 Å². The van der Waals surface area contributed by atoms with Gasteiger partial charge in [-0.15, -0.1) is 6.58 Å². The molecule has 0 unspecified atom stereocenters. The number of hydrogen-bond donors (Lipinski definition) is 1. The largest absolute Gasteiger partial charge is 0.497 e. The van der Waals surface area contributed by atoms with Crippen molar-refractivity contribution in [2.75, 3.05) is 12.4 Å². The molecule has 8 heteroatoms. The van der Waals surface area contributed by atoms with E-state index in [1.165, 1.54) is 10.6 Å². The predicted molar refractivity (Wildman–Crippen MR) is 131 cm³/mol. The Morgan fingerprint density at radius 1 is 0.912 bits per heavy atom. The van der Waals surface area contributed by atoms with E-state index in [4.69, 9.17) is 9.47 Å². The topological polar surface area (TPSA) is 87.4 Å². The molecule has 0 amide bonds. The SMILES string of the molecule is C=CCn1c(=O)nc(Nc2cccc(Oc3ccccc3)c2)n(Cc2ccc(OC)cc2)c1=O. The van der Waals surface area contributed by atoms with Gasteiger partial charge in [0, 0.05) is 11.8 Å². The van der Waals surface area contributed by atoms with Crippen LogP contribution in [0, 0.1) is 0 Å². The zero-order chi connectivity index (χ0) is 23.9. The average molecular weight is 457 g/mol. The maximum Gasteiger partial charge on any atom is 0.355 e. The minimum absolute atomic E-state index is 0.0635. The number of methoxy groups -OCH3 is 1. The molecule has 1 N–H and O–H groups in total. The summed E-state index contributed by atoms with van der Waals surface area (Å²) in [4.78, 5) is 29.9. The molecule has 0 fully saturated rings. The molecular formula is C26H24N4O4. The van der Waals surface area contributed by atoms with Crippen molar-refractivity contribution < 1.29 is 9.47 Å². The van der Waals surface area contributed by atoms with Gasteiger partial charge in [-0.1, -0.05) is 42.5 Å². The second kappa shape index (κ2) is 10.4. The number of nitrogens with zero attached hydrogens (tertiary/aromatic N) is 3. The lowest BCUT2D eigenvalue weighted by Gasteiger charge is -2.16. The van der Waals surface area contributed by atoms with Crippen molar-refractivity contribution >= 4 is 11.6 Å². The Bertz CT molecular complexity index is 1390. The van der Waals surface area contributed by atoms with E-state index >= 15 is 0 Å². The summed E-state index contributed by atoms with van der Waals surface area (Å²) in [5, 5.41) is 3.10. The zero-order valence-corrected chi connectivity index (χ0v) is 18.7. The Labute approximate surface area is 196 Å². The number of ether oxygens (including phenoxy) is 2. The van der Waals surface area contributed by atoms with Crippen molar-refractivity contribution in [1.82, 2.24) is 14.1 Å². The Balaban J connectivity index is 1.69. The summed E-state index contributed by atoms with van der Waals surface area (Å²) in [6, 6.07) is 23.9. The molecule has 0 saturated heterocycles. The number of rotatable bonds is 9. The van der Waals surface area contributed by atoms with Gasteiger partial charge in [-0.25, -0.2) is 14.2 Å². The normalized spacial score (nSPS) is 10.5. The van der Waals surface area contributed by atoms with Crippen LogP contribution in [0.1, 0.15) is 5.56 Å². The van der Waals surface area contributed by atoms with Gasteiger partial charge in [-0.3, -0.25) is 4.57 Å². The van der Waals surface area contributed by atoms with Crippen LogP contribution < -0.4 is 26.2 Å². The highest BCUT2D eigenvalue weighted by Crippen LogP contribution is 2.25. The lowest BCUT2D eigenvalue weighted by Crippen LogP contribution is -2.42. The Morgan fingerprint density at radius 3 is 2.35 bits per heavy atom. The standard InChI is InChI=1S/C26H24N4O4/c1-3-16-29-25(31)28-24(30(26(29)32)18-19-12-14-21(33-2)15-13-19)27-20-8-7-11-23(17-20)34-22-9-5-4-6-10-22/h3-15,17H,1,16,18H2,2H3,(H,27,28,31). The van der Waals surface area contributed by atoms with Crippen molar-refractivity contribution in [2.45, 2.75) is 13.1 Å². The van der Waals surface area contributed by atoms with E-state index in [-0.39, 0.29) is 19.0 Å². The monoisotopic (exact) mass is 456 g/mol. The van der Waals surface area contributed by atoms with Crippen LogP contribution >= 0.6 is 0 Å². The number of anilines is 2. The molecule has 4 aromatic rings. The molecule has 0 aliphatic carbocycles. The van der Waals surface area contributed by atoms with E-state index in [0.717, 1.165) is 10.1 Å². The molecule has 0 bridgehead atoms. The second-order valence-corrected chi connectivity index (χ2v) is 7.40. The highest BCUT2D eigenvalue weighted by molar-refractivity contribution is 5.56. The molecule has 0 spiro atoms. The lowest BCUT2D eigenvalue weighted by atomic mass is 10.2. The zero-order valence-electron chi connectivity index (χ0n) is 18.7. The van der Waals surface area contributed by atoms with E-state index in [9.17, 15) is 9.59 Å². The lowest BCUT2D eigenvalue weighted by molar-refractivity contribution is 0.414. The number of aromatic nitrogens is 3. The number of hydrogen-bond acceptors (Lipinski definition) is 6. The van der Waals surface area contributed by atoms with E-state index < -0.39 is 11.4 Å². The third-order valence-electron chi connectivity index (χ3n) is 5.03. The van der Waals surface area contributed by atoms with Crippen LogP contribution in [0.15, 0.2) is 101 Å². The summed E-state index contributed by atoms with van der Waals surface area (Å²) in [6.07, 6.45) is 1.49. The van der Waals surface area contributed by atoms with E-state index in [1.54, 1.807) is 19.2 Å². The van der Waals surface area contributed by atoms with Gasteiger partial charge in [-0.05, 0) is 42.0 Å². The molecule has 1 heterocycles. The quantitative estimate of drug-likeness (QED) is 0.380. The molecule has 1 aromatic heterocycles. The van der Waals surface area contributed by atoms with Crippen LogP contribution in [0.2, 0.25) is 0 Å². The van der Waals surface area contributed by atoms with Gasteiger partial charge in [-0.2, -0.15) is 4.98 Å². The van der Waals surface area contributed by atoms with Crippen molar-refractivity contribution in [2.24, 2.45) is 0 Å². The van der Waals surface area contributed by atoms with Gasteiger partial charge >= 0.3 is 11.4 Å². The van der Waals surface area contributed by atoms with Gasteiger partial charge in [0.1, 0.15) is 17.2 Å². The highest BCUT2D eigenvalue weighted by atomic mass is 16.5. The summed E-state index contributed by atoms with van der Waals surface area (Å²) in [5.74, 6) is 2.13. The molecule has 0 atom stereocenters. The third-order valence-corrected chi connectivity index (χ3v) is 5.03. The summed E-state index contributed by atoms with van der Waals surface area (Å²) in [6.45, 7) is 3.89. The van der Waals surface area contributed by atoms with Crippen LogP contribution in [0.3, 0.4) is 0 Å². The molecule has 3 aromatic carbocycles. The number of nitrogens with one attached hydrogen (secondary N) is 1. The van der Waals surface area contributed by atoms with Crippen LogP contribution in [0.4, 0.5) is 11.6 Å². The molecule has 0 aliphatic heterocycles. The minimum atomic E-state index is -0.657. The molecule has 0 radical (unpaired) electrons. The highest BCUT2D eigenvalue weighted by Gasteiger charge is 2.14. The van der Waals surface area contributed by atoms with Gasteiger partial charge in [0.15, 0.2) is 0 Å². The fraction of sp³-hybridized carbons (Fsp3) is 0.115. The van der Waals surface area contributed by atoms with E-state index in [0.29, 0.717) is 22.9 Å². The molecule has 4 rings (SSSR count). The number of allylic oxidation sites excluding steroid dienone is 1. The van der Waals surface area contributed by atoms with Crippen molar-refractivity contribution in [3.8, 4) is 17.2 Å². The molecule has 172 valence electrons. The Hall–Kier alpha value is -4.59. The minimum Gasteiger partial charge on any atom is -0.497 e. The number of benzene rings is 3. The first-order chi connectivity index (χ1) is 16.6. The summed E-state index contributed by atoms with van der Waals surface area (Å²) < 4.78 is 13.5. The first-order valence-electron chi connectivity index (χ1n) is 10.6. The van der Waals surface area contributed by atoms with Crippen LogP contribution in [0.5, 0.6) is 17.2 Å². The molecule has 0 aliphatic rings. The van der Waals surface area contributed by atoms with E-state index in [1.807, 2.05) is 66.7 Å². The summed E-state index contributed by atoms with van der Waals surface area (Å²) >= 11 is 0. The first kappa shape index (κ1) is 22.6. The maximum atomic E-state index is 13.2. The Morgan fingerprint density at radius 2 is 1.65 bits per heavy atom. The number of para-hydroxylation sites is 1. The third kappa shape index (κ3) is 5.24. The first-order valence-corrected chi connectivity index (χ1v) is 10.6. The van der Waals surface area contributed by atoms with Crippen molar-refractivity contribution in [1.29, 1.82) is 0 Å². The van der Waals surface area contributed by atoms with Gasteiger partial charge in [0.2, 0.25) is 5.95 Å². The van der Waals surface area contributed by atoms with Crippen LogP contribution in [0.25, 0.3) is 0 Å². The average Bonchev–Trinajstić information content (AvgIpc) is 2.85. The van der Waals surface area contributed by atoms with Crippen molar-refractivity contribution in [3.05, 3.63) is 118 Å². The Kier molecular flexibility index (Phi) is 6.88.